The van der Waals surface area contributed by atoms with Gasteiger partial charge in [0.1, 0.15) is 12.4 Å². The lowest BCUT2D eigenvalue weighted by atomic mass is 9.90. The molecule has 2 N–H and O–H groups in total. The molecule has 0 aliphatic heterocycles. The highest BCUT2D eigenvalue weighted by atomic mass is 16.5. The molecule has 3 aromatic rings. The monoisotopic (exact) mass is 423 g/mol. The maximum absolute atomic E-state index is 9.06. The van der Waals surface area contributed by atoms with E-state index >= 15 is 0 Å². The fraction of sp³-hybridized carbons (Fsp3) is 0.304. The zero-order valence-electron chi connectivity index (χ0n) is 17.8. The van der Waals surface area contributed by atoms with Crippen LogP contribution < -0.4 is 24.3 Å². The Hall–Kier alpha value is -3.52. The molecule has 8 heteroatoms. The quantitative estimate of drug-likeness (QED) is 0.569. The molecule has 0 atom stereocenters. The third-order valence-corrected chi connectivity index (χ3v) is 5.15. The topological polar surface area (TPSA) is 95.0 Å². The van der Waals surface area contributed by atoms with E-state index in [-0.39, 0.29) is 13.2 Å². The van der Waals surface area contributed by atoms with Gasteiger partial charge < -0.3 is 29.4 Å². The average Bonchev–Trinajstić information content (AvgIpc) is 2.82. The predicted molar refractivity (Wildman–Crippen MR) is 117 cm³/mol. The van der Waals surface area contributed by atoms with Crippen molar-refractivity contribution in [1.82, 2.24) is 9.97 Å². The van der Waals surface area contributed by atoms with Crippen molar-refractivity contribution in [2.24, 2.45) is 0 Å². The molecule has 0 spiro atoms. The lowest BCUT2D eigenvalue weighted by Crippen LogP contribution is -2.09. The van der Waals surface area contributed by atoms with Crippen molar-refractivity contribution in [2.75, 3.05) is 39.9 Å². The van der Waals surface area contributed by atoms with Crippen molar-refractivity contribution < 1.29 is 24.1 Å². The minimum absolute atomic E-state index is 0.110. The van der Waals surface area contributed by atoms with Gasteiger partial charge >= 0.3 is 0 Å². The Balaban J connectivity index is 1.68. The molecule has 0 saturated heterocycles. The van der Waals surface area contributed by atoms with Crippen LogP contribution in [0.15, 0.2) is 36.5 Å². The Morgan fingerprint density at radius 1 is 0.968 bits per heavy atom. The normalized spacial score (nSPS) is 11.9. The number of benzene rings is 2. The van der Waals surface area contributed by atoms with Crippen LogP contribution in [0.4, 0.5) is 11.6 Å². The Morgan fingerprint density at radius 3 is 2.39 bits per heavy atom. The van der Waals surface area contributed by atoms with Gasteiger partial charge in [-0.3, -0.25) is 0 Å². The number of aliphatic hydroxyl groups is 1. The molecule has 1 heterocycles. The number of nitrogens with zero attached hydrogens (tertiary/aromatic N) is 2. The maximum Gasteiger partial charge on any atom is 0.227 e. The van der Waals surface area contributed by atoms with Crippen LogP contribution in [0, 0.1) is 0 Å². The fourth-order valence-corrected chi connectivity index (χ4v) is 3.64. The van der Waals surface area contributed by atoms with E-state index in [1.54, 1.807) is 33.5 Å². The molecule has 0 bridgehead atoms. The molecular formula is C23H25N3O5. The molecule has 0 fully saturated rings. The van der Waals surface area contributed by atoms with Gasteiger partial charge in [-0.1, -0.05) is 6.07 Å². The smallest absolute Gasteiger partial charge is 0.227 e. The third-order valence-electron chi connectivity index (χ3n) is 5.15. The zero-order chi connectivity index (χ0) is 21.8. The number of hydrogen-bond donors (Lipinski definition) is 2. The highest BCUT2D eigenvalue weighted by Gasteiger charge is 2.20. The summed E-state index contributed by atoms with van der Waals surface area (Å²) in [6, 6.07) is 9.63. The largest absolute Gasteiger partial charge is 0.497 e. The second-order valence-electron chi connectivity index (χ2n) is 7.00. The summed E-state index contributed by atoms with van der Waals surface area (Å²) in [4.78, 5) is 9.27. The number of hydrogen-bond acceptors (Lipinski definition) is 8. The van der Waals surface area contributed by atoms with Gasteiger partial charge in [0.15, 0.2) is 11.5 Å². The minimum Gasteiger partial charge on any atom is -0.497 e. The molecule has 4 rings (SSSR count). The van der Waals surface area contributed by atoms with Gasteiger partial charge in [-0.15, -0.1) is 0 Å². The third kappa shape index (κ3) is 4.20. The summed E-state index contributed by atoms with van der Waals surface area (Å²) in [5.74, 6) is 2.64. The van der Waals surface area contributed by atoms with Gasteiger partial charge in [0.2, 0.25) is 11.7 Å². The first-order valence-electron chi connectivity index (χ1n) is 9.96. The Kier molecular flexibility index (Phi) is 6.08. The van der Waals surface area contributed by atoms with Gasteiger partial charge in [0, 0.05) is 29.6 Å². The van der Waals surface area contributed by atoms with Gasteiger partial charge in [0.05, 0.1) is 33.6 Å². The van der Waals surface area contributed by atoms with Crippen molar-refractivity contribution in [3.63, 3.8) is 0 Å². The van der Waals surface area contributed by atoms with Crippen LogP contribution in [0.2, 0.25) is 0 Å². The Labute approximate surface area is 180 Å². The molecule has 162 valence electrons. The maximum atomic E-state index is 9.06. The number of aromatic nitrogens is 2. The fourth-order valence-electron chi connectivity index (χ4n) is 3.64. The highest BCUT2D eigenvalue weighted by molar-refractivity contribution is 5.73. The second kappa shape index (κ2) is 9.09. The van der Waals surface area contributed by atoms with Crippen LogP contribution in [-0.4, -0.2) is 49.6 Å². The average molecular weight is 423 g/mol. The molecule has 0 unspecified atom stereocenters. The first-order chi connectivity index (χ1) is 15.2. The summed E-state index contributed by atoms with van der Waals surface area (Å²) in [6.45, 7) is 0.0256. The molecule has 0 radical (unpaired) electrons. The summed E-state index contributed by atoms with van der Waals surface area (Å²) in [6.07, 6.45) is 3.71. The van der Waals surface area contributed by atoms with E-state index in [2.05, 4.69) is 16.4 Å². The molecular weight excluding hydrogens is 398 g/mol. The van der Waals surface area contributed by atoms with Crippen molar-refractivity contribution in [2.45, 2.75) is 12.8 Å². The van der Waals surface area contributed by atoms with Gasteiger partial charge in [0.25, 0.3) is 0 Å². The number of rotatable bonds is 8. The summed E-state index contributed by atoms with van der Waals surface area (Å²) < 4.78 is 21.9. The number of nitrogens with one attached hydrogen (secondary N) is 1. The Bertz CT molecular complexity index is 1060. The standard InChI is InChI=1S/C23H25N3O5/c1-28-17-7-6-14-4-5-15-13-24-23(26-21(15)18(14)12-17)25-16-10-19(29-2)22(31-9-8-27)20(11-16)30-3/h6-7,10-13,27H,4-5,8-9H2,1-3H3,(H,24,25,26). The summed E-state index contributed by atoms with van der Waals surface area (Å²) >= 11 is 0. The molecule has 0 saturated carbocycles. The van der Waals surface area contributed by atoms with Crippen LogP contribution in [0.5, 0.6) is 23.0 Å². The van der Waals surface area contributed by atoms with Gasteiger partial charge in [-0.2, -0.15) is 0 Å². The molecule has 1 aromatic heterocycles. The number of aliphatic hydroxyl groups excluding tert-OH is 1. The van der Waals surface area contributed by atoms with E-state index in [0.29, 0.717) is 28.9 Å². The van der Waals surface area contributed by atoms with Crippen molar-refractivity contribution in [1.29, 1.82) is 0 Å². The SMILES string of the molecule is COc1ccc2c(c1)-c1nc(Nc3cc(OC)c(OCCO)c(OC)c3)ncc1CC2. The molecule has 8 nitrogen and oxygen atoms in total. The van der Waals surface area contributed by atoms with Crippen LogP contribution in [0.3, 0.4) is 0 Å². The molecule has 2 aromatic carbocycles. The van der Waals surface area contributed by atoms with Crippen LogP contribution in [-0.2, 0) is 12.8 Å². The first kappa shape index (κ1) is 20.7. The lowest BCUT2D eigenvalue weighted by Gasteiger charge is -2.20. The van der Waals surface area contributed by atoms with E-state index in [1.807, 2.05) is 18.3 Å². The summed E-state index contributed by atoms with van der Waals surface area (Å²) in [5.41, 5.74) is 5.00. The first-order valence-corrected chi connectivity index (χ1v) is 9.96. The van der Waals surface area contributed by atoms with Crippen LogP contribution in [0.25, 0.3) is 11.3 Å². The second-order valence-corrected chi connectivity index (χ2v) is 7.00. The van der Waals surface area contributed by atoms with Crippen LogP contribution in [0.1, 0.15) is 11.1 Å². The minimum atomic E-state index is -0.110. The van der Waals surface area contributed by atoms with E-state index in [0.717, 1.165) is 35.4 Å². The van der Waals surface area contributed by atoms with E-state index < -0.39 is 0 Å². The van der Waals surface area contributed by atoms with Crippen molar-refractivity contribution in [3.8, 4) is 34.3 Å². The van der Waals surface area contributed by atoms with E-state index in [9.17, 15) is 0 Å². The van der Waals surface area contributed by atoms with E-state index in [4.69, 9.17) is 29.0 Å². The van der Waals surface area contributed by atoms with Gasteiger partial charge in [-0.05, 0) is 36.1 Å². The van der Waals surface area contributed by atoms with Crippen molar-refractivity contribution >= 4 is 11.6 Å². The number of aryl methyl sites for hydroxylation is 2. The number of ether oxygens (including phenoxy) is 4. The zero-order valence-corrected chi connectivity index (χ0v) is 17.8. The molecule has 1 aliphatic carbocycles. The predicted octanol–water partition coefficient (Wildman–Crippen LogP) is 3.38. The summed E-state index contributed by atoms with van der Waals surface area (Å²) in [5, 5.41) is 12.3. The number of fused-ring (bicyclic) bond motifs is 3. The highest BCUT2D eigenvalue weighted by Crippen LogP contribution is 2.41. The molecule has 31 heavy (non-hydrogen) atoms. The molecule has 0 amide bonds. The molecule has 1 aliphatic rings. The van der Waals surface area contributed by atoms with Crippen molar-refractivity contribution in [3.05, 3.63) is 47.7 Å². The van der Waals surface area contributed by atoms with Crippen LogP contribution >= 0.6 is 0 Å². The number of methoxy groups -OCH3 is 3. The Morgan fingerprint density at radius 2 is 1.71 bits per heavy atom. The summed E-state index contributed by atoms with van der Waals surface area (Å²) in [7, 11) is 4.75. The van der Waals surface area contributed by atoms with E-state index in [1.165, 1.54) is 5.56 Å². The van der Waals surface area contributed by atoms with Gasteiger partial charge in [-0.25, -0.2) is 9.97 Å². The number of anilines is 2. The lowest BCUT2D eigenvalue weighted by molar-refractivity contribution is 0.191.